The number of rotatable bonds is 17. The second-order valence-corrected chi connectivity index (χ2v) is 15.6. The molecule has 1 aliphatic heterocycles. The Kier molecular flexibility index (Phi) is 14.3. The van der Waals surface area contributed by atoms with Crippen LogP contribution in [0.2, 0.25) is 0 Å². The molecule has 12 nitrogen and oxygen atoms in total. The molecule has 4 atom stereocenters. The van der Waals surface area contributed by atoms with Crippen LogP contribution in [0.5, 0.6) is 11.5 Å². The summed E-state index contributed by atoms with van der Waals surface area (Å²) in [5.41, 5.74) is 0.382. The van der Waals surface area contributed by atoms with Gasteiger partial charge in [0, 0.05) is 24.7 Å². The van der Waals surface area contributed by atoms with E-state index in [9.17, 15) is 14.9 Å². The molecule has 0 bridgehead atoms. The summed E-state index contributed by atoms with van der Waals surface area (Å²) < 4.78 is 41.9. The molecule has 1 aliphatic rings. The molecule has 1 N–H and O–H groups in total. The molecule has 0 saturated carbocycles. The molecular formula is C39H46IN4O8P. The fraction of sp³-hybridized carbons (Fsp3) is 0.410. The van der Waals surface area contributed by atoms with Crippen molar-refractivity contribution >= 4 is 31.1 Å². The highest BCUT2D eigenvalue weighted by Gasteiger charge is 2.45. The predicted octanol–water partition coefficient (Wildman–Crippen LogP) is 7.12. The molecule has 2 heterocycles. The summed E-state index contributed by atoms with van der Waals surface area (Å²) in [5.74, 6) is 1.40. The molecule has 3 aromatic carbocycles. The summed E-state index contributed by atoms with van der Waals surface area (Å²) in [6.07, 6.45) is -0.105. The van der Waals surface area contributed by atoms with E-state index in [0.717, 1.165) is 16.7 Å². The van der Waals surface area contributed by atoms with Gasteiger partial charge in [0.05, 0.1) is 49.6 Å². The summed E-state index contributed by atoms with van der Waals surface area (Å²) in [7, 11) is 1.58. The van der Waals surface area contributed by atoms with E-state index in [1.807, 2.05) is 101 Å². The smallest absolute Gasteiger partial charge is 0.330 e. The van der Waals surface area contributed by atoms with Gasteiger partial charge in [0.25, 0.3) is 14.1 Å². The first-order chi connectivity index (χ1) is 25.5. The lowest BCUT2D eigenvalue weighted by atomic mass is 9.80. The van der Waals surface area contributed by atoms with Crippen molar-refractivity contribution in [1.29, 1.82) is 5.26 Å². The molecule has 282 valence electrons. The van der Waals surface area contributed by atoms with E-state index in [2.05, 4.69) is 43.4 Å². The lowest BCUT2D eigenvalue weighted by Gasteiger charge is -2.39. The molecule has 53 heavy (non-hydrogen) atoms. The number of nitriles is 1. The normalized spacial score (nSPS) is 18.0. The largest absolute Gasteiger partial charge is 0.497 e. The molecule has 1 unspecified atom stereocenters. The summed E-state index contributed by atoms with van der Waals surface area (Å²) in [6.45, 7) is 8.51. The van der Waals surface area contributed by atoms with Gasteiger partial charge in [0.1, 0.15) is 29.4 Å². The Bertz CT molecular complexity index is 1880. The van der Waals surface area contributed by atoms with E-state index < -0.39 is 43.8 Å². The van der Waals surface area contributed by atoms with Crippen molar-refractivity contribution in [2.24, 2.45) is 0 Å². The van der Waals surface area contributed by atoms with Gasteiger partial charge in [0.2, 0.25) is 0 Å². The third-order valence-electron chi connectivity index (χ3n) is 8.94. The van der Waals surface area contributed by atoms with Crippen LogP contribution >= 0.6 is 31.1 Å². The van der Waals surface area contributed by atoms with Crippen LogP contribution in [0.25, 0.3) is 0 Å². The minimum absolute atomic E-state index is 0.0358. The number of aromatic amines is 1. The highest BCUT2D eigenvalue weighted by Crippen LogP contribution is 2.50. The molecular weight excluding hydrogens is 810 g/mol. The van der Waals surface area contributed by atoms with Crippen LogP contribution in [0.4, 0.5) is 0 Å². The maximum Gasteiger partial charge on any atom is 0.330 e. The van der Waals surface area contributed by atoms with Gasteiger partial charge in [-0.05, 0) is 91.2 Å². The fourth-order valence-corrected chi connectivity index (χ4v) is 8.69. The van der Waals surface area contributed by atoms with Gasteiger partial charge >= 0.3 is 5.69 Å². The number of hydrogen-bond donors (Lipinski definition) is 1. The molecule has 5 rings (SSSR count). The quantitative estimate of drug-likeness (QED) is 0.0506. The van der Waals surface area contributed by atoms with Crippen molar-refractivity contribution in [3.63, 3.8) is 0 Å². The van der Waals surface area contributed by atoms with Crippen molar-refractivity contribution in [2.75, 3.05) is 27.4 Å². The first-order valence-corrected chi connectivity index (χ1v) is 19.6. The Hall–Kier alpha value is -3.61. The van der Waals surface area contributed by atoms with Gasteiger partial charge in [-0.2, -0.15) is 5.26 Å². The number of hydrogen-bond acceptors (Lipinski definition) is 10. The number of H-pyrrole nitrogens is 1. The molecule has 1 fully saturated rings. The third kappa shape index (κ3) is 9.38. The van der Waals surface area contributed by atoms with Gasteiger partial charge in [-0.1, -0.05) is 54.6 Å². The number of aromatic nitrogens is 2. The van der Waals surface area contributed by atoms with Crippen molar-refractivity contribution in [3.8, 4) is 17.6 Å². The Balaban J connectivity index is 1.60. The summed E-state index contributed by atoms with van der Waals surface area (Å²) in [4.78, 5) is 27.8. The fourth-order valence-electron chi connectivity index (χ4n) is 6.50. The molecule has 0 spiro atoms. The zero-order valence-electron chi connectivity index (χ0n) is 30.7. The molecule has 0 aliphatic carbocycles. The highest BCUT2D eigenvalue weighted by molar-refractivity contribution is 14.1. The lowest BCUT2D eigenvalue weighted by molar-refractivity contribution is -0.0926. The topological polar surface area (TPSA) is 137 Å². The average Bonchev–Trinajstić information content (AvgIpc) is 3.56. The zero-order chi connectivity index (χ0) is 38.1. The minimum atomic E-state index is -1.67. The van der Waals surface area contributed by atoms with Gasteiger partial charge in [0.15, 0.2) is 0 Å². The standard InChI is InChI=1S/C39H46IN4O8P/c1-26(2)44(27(3)4)53(50-22-10-21-41)52-34-23-36(43-24-33(40)37(45)42-38(43)46)51-35(34)25-49-39(28-11-8-7-9-12-28,29-13-17-31(47-5)18-14-29)30-15-19-32(48-6)20-16-30/h7-9,11-20,24,26-27,34-36H,10,22-23,25H2,1-6H3,(H,42,45,46)/t34-,35+,36+,53?/m0/s1. The van der Waals surface area contributed by atoms with Crippen LogP contribution in [-0.4, -0.2) is 65.9 Å². The van der Waals surface area contributed by atoms with Crippen LogP contribution in [-0.2, 0) is 24.1 Å². The maximum atomic E-state index is 13.1. The van der Waals surface area contributed by atoms with E-state index in [1.54, 1.807) is 14.2 Å². The number of benzene rings is 3. The average molecular weight is 857 g/mol. The van der Waals surface area contributed by atoms with Crippen molar-refractivity contribution < 1.29 is 28.0 Å². The van der Waals surface area contributed by atoms with Gasteiger partial charge in [-0.3, -0.25) is 14.3 Å². The predicted molar refractivity (Wildman–Crippen MR) is 211 cm³/mol. The lowest BCUT2D eigenvalue weighted by Crippen LogP contribution is -2.39. The number of nitrogens with zero attached hydrogens (tertiary/aromatic N) is 3. The van der Waals surface area contributed by atoms with E-state index in [0.29, 0.717) is 15.1 Å². The zero-order valence-corrected chi connectivity index (χ0v) is 33.8. The Morgan fingerprint density at radius 2 is 1.51 bits per heavy atom. The number of halogens is 1. The minimum Gasteiger partial charge on any atom is -0.497 e. The number of ether oxygens (including phenoxy) is 4. The number of methoxy groups -OCH3 is 2. The summed E-state index contributed by atoms with van der Waals surface area (Å²) >= 11 is 1.90. The first kappa shape index (κ1) is 40.6. The molecule has 0 radical (unpaired) electrons. The first-order valence-electron chi connectivity index (χ1n) is 17.4. The van der Waals surface area contributed by atoms with Crippen LogP contribution in [0, 0.1) is 14.9 Å². The van der Waals surface area contributed by atoms with Crippen molar-refractivity contribution in [1.82, 2.24) is 14.2 Å². The molecule has 1 saturated heterocycles. The van der Waals surface area contributed by atoms with Crippen molar-refractivity contribution in [3.05, 3.63) is 126 Å². The van der Waals surface area contributed by atoms with E-state index in [4.69, 9.17) is 28.0 Å². The summed E-state index contributed by atoms with van der Waals surface area (Å²) in [6, 6.07) is 27.7. The SMILES string of the molecule is COc1ccc(C(OC[C@H]2O[C@@H](n3cc(I)c(=O)[nH]c3=O)C[C@@H]2OP(OCCC#N)N(C(C)C)C(C)C)(c2ccccc2)c2ccc(OC)cc2)cc1. The van der Waals surface area contributed by atoms with E-state index >= 15 is 0 Å². The van der Waals surface area contributed by atoms with Gasteiger partial charge < -0.3 is 28.0 Å². The van der Waals surface area contributed by atoms with Crippen LogP contribution in [0.15, 0.2) is 94.6 Å². The Morgan fingerprint density at radius 3 is 2.04 bits per heavy atom. The van der Waals surface area contributed by atoms with Gasteiger partial charge in [-0.25, -0.2) is 9.46 Å². The maximum absolute atomic E-state index is 13.1. The molecule has 4 aromatic rings. The monoisotopic (exact) mass is 856 g/mol. The molecule has 14 heteroatoms. The summed E-state index contributed by atoms with van der Waals surface area (Å²) in [5, 5.41) is 9.29. The highest BCUT2D eigenvalue weighted by atomic mass is 127. The van der Waals surface area contributed by atoms with Crippen LogP contribution in [0.1, 0.15) is 63.5 Å². The molecule has 1 aromatic heterocycles. The Labute approximate surface area is 325 Å². The van der Waals surface area contributed by atoms with E-state index in [1.165, 1.54) is 10.8 Å². The van der Waals surface area contributed by atoms with Gasteiger partial charge in [-0.15, -0.1) is 0 Å². The van der Waals surface area contributed by atoms with Crippen molar-refractivity contribution in [2.45, 2.75) is 76.7 Å². The van der Waals surface area contributed by atoms with E-state index in [-0.39, 0.29) is 38.1 Å². The second kappa shape index (κ2) is 18.6. The second-order valence-electron chi connectivity index (χ2n) is 13.0. The van der Waals surface area contributed by atoms with Crippen LogP contribution < -0.4 is 20.7 Å². The Morgan fingerprint density at radius 1 is 0.943 bits per heavy atom. The van der Waals surface area contributed by atoms with Crippen LogP contribution in [0.3, 0.4) is 0 Å². The number of nitrogens with one attached hydrogen (secondary N) is 1. The third-order valence-corrected chi connectivity index (χ3v) is 11.9. The molecule has 0 amide bonds.